The van der Waals surface area contributed by atoms with Crippen LogP contribution < -0.4 is 0 Å². The van der Waals surface area contributed by atoms with E-state index in [-0.39, 0.29) is 0 Å². The Kier molecular flexibility index (Phi) is 13.8. The summed E-state index contributed by atoms with van der Waals surface area (Å²) in [6.07, 6.45) is 6.94. The molecule has 0 saturated carbocycles. The molecule has 0 N–H and O–H groups in total. The Hall–Kier alpha value is -2.30. The van der Waals surface area contributed by atoms with Crippen molar-refractivity contribution in [3.63, 3.8) is 0 Å². The zero-order chi connectivity index (χ0) is 13.5. The van der Waals surface area contributed by atoms with Crippen LogP contribution in [-0.4, -0.2) is 0 Å². The van der Waals surface area contributed by atoms with E-state index in [9.17, 15) is 0 Å². The number of benzene rings is 1. The number of hydrogen-bond acceptors (Lipinski definition) is 0. The third-order valence-corrected chi connectivity index (χ3v) is 1.60. The molecule has 0 unspecified atom stereocenters. The van der Waals surface area contributed by atoms with Crippen LogP contribution in [0.15, 0.2) is 81.6 Å². The van der Waals surface area contributed by atoms with E-state index in [0.29, 0.717) is 0 Å². The Morgan fingerprint density at radius 1 is 0.765 bits per heavy atom. The van der Waals surface area contributed by atoms with Gasteiger partial charge in [-0.2, -0.15) is 0 Å². The van der Waals surface area contributed by atoms with Crippen molar-refractivity contribution in [2.24, 2.45) is 0 Å². The van der Waals surface area contributed by atoms with Gasteiger partial charge in [0.05, 0.1) is 0 Å². The molecule has 1 rings (SSSR count). The van der Waals surface area contributed by atoms with Crippen LogP contribution in [0.1, 0.15) is 11.1 Å². The molecule has 0 heteroatoms. The van der Waals surface area contributed by atoms with Crippen LogP contribution in [0, 0.1) is 0 Å². The second-order valence-electron chi connectivity index (χ2n) is 2.76. The number of allylic oxidation sites excluding steroid dienone is 2. The quantitative estimate of drug-likeness (QED) is 0.483. The van der Waals surface area contributed by atoms with Crippen molar-refractivity contribution in [3.8, 4) is 0 Å². The van der Waals surface area contributed by atoms with Gasteiger partial charge < -0.3 is 0 Å². The van der Waals surface area contributed by atoms with Gasteiger partial charge in [-0.05, 0) is 11.1 Å². The first-order chi connectivity index (χ1) is 8.21. The van der Waals surface area contributed by atoms with E-state index in [0.717, 1.165) is 11.1 Å². The Morgan fingerprint density at radius 3 is 1.24 bits per heavy atom. The third kappa shape index (κ3) is 9.99. The molecule has 0 aromatic heterocycles. The maximum Gasteiger partial charge on any atom is -0.0190 e. The van der Waals surface area contributed by atoms with Gasteiger partial charge in [0, 0.05) is 0 Å². The summed E-state index contributed by atoms with van der Waals surface area (Å²) in [6.45, 7) is 20.4. The largest absolute Gasteiger partial charge is 0.137 e. The van der Waals surface area contributed by atoms with E-state index in [2.05, 4.69) is 45.2 Å². The van der Waals surface area contributed by atoms with Crippen LogP contribution in [-0.2, 0) is 0 Å². The molecule has 0 bridgehead atoms. The highest BCUT2D eigenvalue weighted by Crippen LogP contribution is 2.10. The van der Waals surface area contributed by atoms with Crippen molar-refractivity contribution >= 4 is 12.2 Å². The van der Waals surface area contributed by atoms with Gasteiger partial charge in [-0.25, -0.2) is 0 Å². The molecule has 0 atom stereocenters. The second-order valence-corrected chi connectivity index (χ2v) is 2.76. The molecule has 17 heavy (non-hydrogen) atoms. The molecule has 0 fully saturated rings. The molecule has 0 aliphatic rings. The molecule has 0 aliphatic carbocycles. The summed E-state index contributed by atoms with van der Waals surface area (Å²) in [5.41, 5.74) is 4.52. The summed E-state index contributed by atoms with van der Waals surface area (Å²) in [6, 6.07) is 8.02. The minimum Gasteiger partial charge on any atom is -0.137 e. The van der Waals surface area contributed by atoms with E-state index < -0.39 is 0 Å². The summed E-state index contributed by atoms with van der Waals surface area (Å²) in [5.74, 6) is 0. The molecule has 0 nitrogen and oxygen atoms in total. The van der Waals surface area contributed by atoms with Crippen molar-refractivity contribution < 1.29 is 0 Å². The first-order valence-corrected chi connectivity index (χ1v) is 5.08. The van der Waals surface area contributed by atoms with Gasteiger partial charge in [-0.15, -0.1) is 5.73 Å². The van der Waals surface area contributed by atoms with Crippen LogP contribution in [0.3, 0.4) is 0 Å². The normalized spacial score (nSPS) is 6.82. The summed E-state index contributed by atoms with van der Waals surface area (Å²) in [7, 11) is 0. The van der Waals surface area contributed by atoms with Crippen LogP contribution >= 0.6 is 0 Å². The molecular formula is C17H20. The molecule has 88 valence electrons. The lowest BCUT2D eigenvalue weighted by atomic mass is 10.1. The van der Waals surface area contributed by atoms with E-state index in [4.69, 9.17) is 0 Å². The summed E-state index contributed by atoms with van der Waals surface area (Å²) in [5, 5.41) is 0. The predicted molar refractivity (Wildman–Crippen MR) is 81.8 cm³/mol. The van der Waals surface area contributed by atoms with Crippen molar-refractivity contribution in [1.29, 1.82) is 0 Å². The molecule has 0 radical (unpaired) electrons. The summed E-state index contributed by atoms with van der Waals surface area (Å²) in [4.78, 5) is 0. The van der Waals surface area contributed by atoms with Crippen molar-refractivity contribution in [2.75, 3.05) is 0 Å². The van der Waals surface area contributed by atoms with Gasteiger partial charge in [0.2, 0.25) is 0 Å². The van der Waals surface area contributed by atoms with E-state index >= 15 is 0 Å². The first-order valence-electron chi connectivity index (χ1n) is 5.08. The third-order valence-electron chi connectivity index (χ3n) is 1.60. The lowest BCUT2D eigenvalue weighted by Gasteiger charge is -1.96. The average molecular weight is 224 g/mol. The molecule has 0 amide bonds. The minimum absolute atomic E-state index is 1.14. The fourth-order valence-corrected chi connectivity index (χ4v) is 0.883. The lowest BCUT2D eigenvalue weighted by Crippen LogP contribution is -1.76. The van der Waals surface area contributed by atoms with Crippen molar-refractivity contribution in [1.82, 2.24) is 0 Å². The maximum absolute atomic E-state index is 3.69. The van der Waals surface area contributed by atoms with E-state index in [1.807, 2.05) is 36.4 Å². The predicted octanol–water partition coefficient (Wildman–Crippen LogP) is 5.29. The van der Waals surface area contributed by atoms with Gasteiger partial charge in [0.15, 0.2) is 0 Å². The van der Waals surface area contributed by atoms with Crippen LogP contribution in [0.2, 0.25) is 0 Å². The standard InChI is InChI=1S/C10H10.C4H6.C3H4/c1-3-9-7-5-6-8-10(9)4-2;1-3-4-2;1-3-2/h3-8H,1-2H2;3-4H,1-2H2;1-2H2. The van der Waals surface area contributed by atoms with E-state index in [1.165, 1.54) is 0 Å². The van der Waals surface area contributed by atoms with Gasteiger partial charge >= 0.3 is 0 Å². The SMILES string of the molecule is C=C=C.C=CC=C.C=Cc1ccccc1C=C. The summed E-state index contributed by atoms with van der Waals surface area (Å²) < 4.78 is 0. The molecular weight excluding hydrogens is 204 g/mol. The van der Waals surface area contributed by atoms with Crippen molar-refractivity contribution in [2.45, 2.75) is 0 Å². The Balaban J connectivity index is 0. The van der Waals surface area contributed by atoms with Gasteiger partial charge in [-0.3, -0.25) is 0 Å². The highest BCUT2D eigenvalue weighted by Gasteiger charge is 1.89. The molecule has 0 spiro atoms. The van der Waals surface area contributed by atoms with Crippen LogP contribution in [0.25, 0.3) is 12.2 Å². The second kappa shape index (κ2) is 13.7. The van der Waals surface area contributed by atoms with E-state index in [1.54, 1.807) is 12.2 Å². The number of rotatable bonds is 3. The maximum atomic E-state index is 3.69. The van der Waals surface area contributed by atoms with Gasteiger partial charge in [0.1, 0.15) is 0 Å². The topological polar surface area (TPSA) is 0 Å². The highest BCUT2D eigenvalue weighted by molar-refractivity contribution is 5.63. The highest BCUT2D eigenvalue weighted by atomic mass is 13.9. The Morgan fingerprint density at radius 2 is 1.06 bits per heavy atom. The van der Waals surface area contributed by atoms with Crippen molar-refractivity contribution in [3.05, 3.63) is 92.7 Å². The van der Waals surface area contributed by atoms with Gasteiger partial charge in [-0.1, -0.05) is 88.0 Å². The Bertz CT molecular complexity index is 355. The molecule has 0 heterocycles. The Labute approximate surface area is 105 Å². The lowest BCUT2D eigenvalue weighted by molar-refractivity contribution is 1.62. The average Bonchev–Trinajstić information content (AvgIpc) is 2.39. The zero-order valence-electron chi connectivity index (χ0n) is 10.4. The molecule has 1 aromatic rings. The smallest absolute Gasteiger partial charge is 0.0190 e. The molecule has 1 aromatic carbocycles. The summed E-state index contributed by atoms with van der Waals surface area (Å²) >= 11 is 0. The minimum atomic E-state index is 1.14. The fourth-order valence-electron chi connectivity index (χ4n) is 0.883. The van der Waals surface area contributed by atoms with Gasteiger partial charge in [0.25, 0.3) is 0 Å². The van der Waals surface area contributed by atoms with Crippen LogP contribution in [0.4, 0.5) is 0 Å². The zero-order valence-corrected chi connectivity index (χ0v) is 10.4. The molecule has 0 aliphatic heterocycles. The molecule has 0 saturated heterocycles. The number of hydrogen-bond donors (Lipinski definition) is 0. The first kappa shape index (κ1) is 17.1. The monoisotopic (exact) mass is 224 g/mol. The fraction of sp³-hybridized carbons (Fsp3) is 0. The van der Waals surface area contributed by atoms with Crippen LogP contribution in [0.5, 0.6) is 0 Å².